The third-order valence-electron chi connectivity index (χ3n) is 0.923. The van der Waals surface area contributed by atoms with Gasteiger partial charge in [0.2, 0.25) is 0 Å². The van der Waals surface area contributed by atoms with Gasteiger partial charge in [-0.25, -0.2) is 0 Å². The molecule has 0 rings (SSSR count). The summed E-state index contributed by atoms with van der Waals surface area (Å²) >= 11 is 0. The van der Waals surface area contributed by atoms with E-state index < -0.39 is 12.5 Å². The molecule has 0 aromatic rings. The first-order chi connectivity index (χ1) is 4.16. The number of nitrogens with one attached hydrogen (secondary N) is 1. The number of rotatable bonds is 4. The second-order valence-corrected chi connectivity index (χ2v) is 1.81. The molecule has 0 aromatic carbocycles. The maximum absolute atomic E-state index is 8.77. The quantitative estimate of drug-likeness (QED) is 0.358. The summed E-state index contributed by atoms with van der Waals surface area (Å²) in [6, 6.07) is 0. The van der Waals surface area contributed by atoms with Crippen LogP contribution in [0.5, 0.6) is 0 Å². The first kappa shape index (κ1) is 8.84. The smallest absolute Gasteiger partial charge is 0.164 e. The van der Waals surface area contributed by atoms with E-state index in [0.29, 0.717) is 6.42 Å². The summed E-state index contributed by atoms with van der Waals surface area (Å²) in [6.45, 7) is 1.80. The molecule has 0 aliphatic carbocycles. The molecule has 0 heterocycles. The van der Waals surface area contributed by atoms with E-state index in [-0.39, 0.29) is 6.54 Å². The van der Waals surface area contributed by atoms with Crippen LogP contribution in [0.25, 0.3) is 0 Å². The molecule has 9 heavy (non-hydrogen) atoms. The fraction of sp³-hybridized carbons (Fsp3) is 1.00. The highest BCUT2D eigenvalue weighted by Gasteiger charge is 2.00. The molecule has 4 nitrogen and oxygen atoms in total. The standard InChI is InChI=1S/C5H13NO3/c1-2-4(7)6-3-5(8)9/h4-9H,2-3H2,1H3. The van der Waals surface area contributed by atoms with Gasteiger partial charge >= 0.3 is 0 Å². The molecule has 56 valence electrons. The van der Waals surface area contributed by atoms with Gasteiger partial charge in [-0.3, -0.25) is 5.32 Å². The summed E-state index contributed by atoms with van der Waals surface area (Å²) in [6.07, 6.45) is -1.45. The van der Waals surface area contributed by atoms with Gasteiger partial charge < -0.3 is 15.3 Å². The van der Waals surface area contributed by atoms with Crippen LogP contribution in [0.3, 0.4) is 0 Å². The number of aliphatic hydroxyl groups is 3. The first-order valence-corrected chi connectivity index (χ1v) is 2.94. The second-order valence-electron chi connectivity index (χ2n) is 1.81. The Balaban J connectivity index is 3.06. The lowest BCUT2D eigenvalue weighted by atomic mass is 10.4. The molecular weight excluding hydrogens is 122 g/mol. The predicted octanol–water partition coefficient (Wildman–Crippen LogP) is -1.38. The normalized spacial score (nSPS) is 14.3. The Morgan fingerprint density at radius 3 is 2.22 bits per heavy atom. The molecule has 1 atom stereocenters. The van der Waals surface area contributed by atoms with Crippen molar-refractivity contribution in [1.82, 2.24) is 5.32 Å². The van der Waals surface area contributed by atoms with Gasteiger partial charge in [0.15, 0.2) is 6.29 Å². The third kappa shape index (κ3) is 5.72. The maximum atomic E-state index is 8.77. The molecule has 0 saturated heterocycles. The lowest BCUT2D eigenvalue weighted by molar-refractivity contribution is -0.0467. The van der Waals surface area contributed by atoms with Crippen molar-refractivity contribution >= 4 is 0 Å². The van der Waals surface area contributed by atoms with E-state index >= 15 is 0 Å². The summed E-state index contributed by atoms with van der Waals surface area (Å²) < 4.78 is 0. The molecule has 0 aliphatic heterocycles. The molecule has 0 amide bonds. The summed E-state index contributed by atoms with van der Waals surface area (Å²) in [5.41, 5.74) is 0. The molecule has 0 radical (unpaired) electrons. The van der Waals surface area contributed by atoms with Gasteiger partial charge in [-0.15, -0.1) is 0 Å². The highest BCUT2D eigenvalue weighted by atomic mass is 16.5. The minimum absolute atomic E-state index is 0.00894. The van der Waals surface area contributed by atoms with Gasteiger partial charge in [0, 0.05) is 6.54 Å². The molecule has 0 spiro atoms. The van der Waals surface area contributed by atoms with Gasteiger partial charge in [-0.05, 0) is 6.42 Å². The Morgan fingerprint density at radius 1 is 1.33 bits per heavy atom. The van der Waals surface area contributed by atoms with Gasteiger partial charge in [0.1, 0.15) is 6.23 Å². The van der Waals surface area contributed by atoms with E-state index in [2.05, 4.69) is 5.32 Å². The van der Waals surface area contributed by atoms with Crippen LogP contribution in [0.1, 0.15) is 13.3 Å². The minimum Gasteiger partial charge on any atom is -0.379 e. The van der Waals surface area contributed by atoms with Crippen molar-refractivity contribution in [1.29, 1.82) is 0 Å². The van der Waals surface area contributed by atoms with E-state index in [1.54, 1.807) is 6.92 Å². The van der Waals surface area contributed by atoms with Crippen molar-refractivity contribution in [3.05, 3.63) is 0 Å². The van der Waals surface area contributed by atoms with Crippen LogP contribution >= 0.6 is 0 Å². The van der Waals surface area contributed by atoms with Crippen LogP contribution in [0.4, 0.5) is 0 Å². The molecule has 0 saturated carbocycles. The summed E-state index contributed by atoms with van der Waals surface area (Å²) in [4.78, 5) is 0. The molecule has 0 bridgehead atoms. The highest BCUT2D eigenvalue weighted by Crippen LogP contribution is 1.82. The zero-order valence-electron chi connectivity index (χ0n) is 5.41. The van der Waals surface area contributed by atoms with Crippen molar-refractivity contribution in [3.8, 4) is 0 Å². The van der Waals surface area contributed by atoms with Crippen LogP contribution in [-0.4, -0.2) is 34.4 Å². The van der Waals surface area contributed by atoms with E-state index in [1.165, 1.54) is 0 Å². The molecule has 0 fully saturated rings. The van der Waals surface area contributed by atoms with Crippen molar-refractivity contribution in [2.24, 2.45) is 0 Å². The third-order valence-corrected chi connectivity index (χ3v) is 0.923. The van der Waals surface area contributed by atoms with E-state index in [9.17, 15) is 0 Å². The van der Waals surface area contributed by atoms with Crippen LogP contribution in [0.2, 0.25) is 0 Å². The van der Waals surface area contributed by atoms with Crippen molar-refractivity contribution < 1.29 is 15.3 Å². The van der Waals surface area contributed by atoms with Gasteiger partial charge in [-0.1, -0.05) is 6.92 Å². The van der Waals surface area contributed by atoms with Crippen LogP contribution in [-0.2, 0) is 0 Å². The Bertz CT molecular complexity index is 67.2. The molecular formula is C5H13NO3. The van der Waals surface area contributed by atoms with Crippen LogP contribution in [0, 0.1) is 0 Å². The van der Waals surface area contributed by atoms with Crippen molar-refractivity contribution in [2.75, 3.05) is 6.54 Å². The lowest BCUT2D eigenvalue weighted by Crippen LogP contribution is -2.34. The van der Waals surface area contributed by atoms with Crippen molar-refractivity contribution in [2.45, 2.75) is 25.9 Å². The van der Waals surface area contributed by atoms with E-state index in [1.807, 2.05) is 0 Å². The largest absolute Gasteiger partial charge is 0.379 e. The Labute approximate surface area is 54.1 Å². The molecule has 0 aliphatic rings. The monoisotopic (exact) mass is 135 g/mol. The molecule has 4 heteroatoms. The number of hydrogen-bond acceptors (Lipinski definition) is 4. The molecule has 1 unspecified atom stereocenters. The van der Waals surface area contributed by atoms with Gasteiger partial charge in [-0.2, -0.15) is 0 Å². The zero-order chi connectivity index (χ0) is 7.28. The lowest BCUT2D eigenvalue weighted by Gasteiger charge is -2.10. The number of aliphatic hydroxyl groups excluding tert-OH is 2. The number of hydrogen-bond donors (Lipinski definition) is 4. The summed E-state index contributed by atoms with van der Waals surface area (Å²) in [7, 11) is 0. The minimum atomic E-state index is -1.38. The fourth-order valence-corrected chi connectivity index (χ4v) is 0.386. The van der Waals surface area contributed by atoms with E-state index in [0.717, 1.165) is 0 Å². The first-order valence-electron chi connectivity index (χ1n) is 2.94. The maximum Gasteiger partial charge on any atom is 0.164 e. The highest BCUT2D eigenvalue weighted by molar-refractivity contribution is 4.50. The second kappa shape index (κ2) is 4.69. The summed E-state index contributed by atoms with van der Waals surface area (Å²) in [5.74, 6) is 0. The summed E-state index contributed by atoms with van der Waals surface area (Å²) in [5, 5.41) is 27.8. The molecule has 0 aromatic heterocycles. The van der Waals surface area contributed by atoms with Crippen molar-refractivity contribution in [3.63, 3.8) is 0 Å². The van der Waals surface area contributed by atoms with Gasteiger partial charge in [0.05, 0.1) is 0 Å². The topological polar surface area (TPSA) is 72.7 Å². The van der Waals surface area contributed by atoms with E-state index in [4.69, 9.17) is 15.3 Å². The van der Waals surface area contributed by atoms with Crippen LogP contribution in [0.15, 0.2) is 0 Å². The Morgan fingerprint density at radius 2 is 1.89 bits per heavy atom. The zero-order valence-corrected chi connectivity index (χ0v) is 5.41. The molecule has 4 N–H and O–H groups in total. The van der Waals surface area contributed by atoms with Crippen LogP contribution < -0.4 is 5.32 Å². The van der Waals surface area contributed by atoms with Gasteiger partial charge in [0.25, 0.3) is 0 Å². The average Bonchev–Trinajstić information content (AvgIpc) is 1.83. The Kier molecular flexibility index (Phi) is 4.61. The Hall–Kier alpha value is -0.160. The fourth-order valence-electron chi connectivity index (χ4n) is 0.386. The predicted molar refractivity (Wildman–Crippen MR) is 32.5 cm³/mol. The average molecular weight is 135 g/mol. The SMILES string of the molecule is CCC(O)NCC(O)O.